The molecule has 0 aliphatic carbocycles. The summed E-state index contributed by atoms with van der Waals surface area (Å²) in [6, 6.07) is 12.5. The maximum Gasteiger partial charge on any atom is 0.223 e. The van der Waals surface area contributed by atoms with Crippen molar-refractivity contribution in [2.75, 3.05) is 0 Å². The van der Waals surface area contributed by atoms with Gasteiger partial charge in [-0.15, -0.1) is 0 Å². The molecule has 0 bridgehead atoms. The molecule has 0 radical (unpaired) electrons. The van der Waals surface area contributed by atoms with Gasteiger partial charge >= 0.3 is 0 Å². The Hall–Kier alpha value is -2.18. The molecule has 0 saturated carbocycles. The summed E-state index contributed by atoms with van der Waals surface area (Å²) in [5, 5.41) is 7.40. The largest absolute Gasteiger partial charge is 0.339 e. The fourth-order valence-corrected chi connectivity index (χ4v) is 2.93. The van der Waals surface area contributed by atoms with Crippen LogP contribution >= 0.6 is 0 Å². The van der Waals surface area contributed by atoms with Crippen LogP contribution in [0, 0.1) is 13.8 Å². The van der Waals surface area contributed by atoms with Crippen molar-refractivity contribution in [3.05, 3.63) is 53.3 Å². The van der Waals surface area contributed by atoms with Gasteiger partial charge in [0, 0.05) is 31.1 Å². The van der Waals surface area contributed by atoms with Crippen LogP contribution in [0.2, 0.25) is 0 Å². The first kappa shape index (κ1) is 15.7. The van der Waals surface area contributed by atoms with Crippen molar-refractivity contribution >= 4 is 5.91 Å². The molecular weight excluding hydrogens is 290 g/mol. The van der Waals surface area contributed by atoms with Crippen LogP contribution in [0.4, 0.5) is 0 Å². The van der Waals surface area contributed by atoms with Gasteiger partial charge in [0.05, 0.1) is 11.9 Å². The maximum atomic E-state index is 12.1. The lowest BCUT2D eigenvalue weighted by Gasteiger charge is -2.12. The first-order valence-corrected chi connectivity index (χ1v) is 7.98. The highest BCUT2D eigenvalue weighted by Crippen LogP contribution is 2.20. The number of hydrazine groups is 1. The highest BCUT2D eigenvalue weighted by atomic mass is 16.1. The predicted octanol–water partition coefficient (Wildman–Crippen LogP) is 1.57. The molecule has 3 rings (SSSR count). The van der Waals surface area contributed by atoms with Crippen LogP contribution in [0.5, 0.6) is 0 Å². The molecule has 1 aromatic carbocycles. The van der Waals surface area contributed by atoms with Gasteiger partial charge in [-0.3, -0.25) is 9.48 Å². The highest BCUT2D eigenvalue weighted by molar-refractivity contribution is 5.76. The second-order valence-corrected chi connectivity index (χ2v) is 6.01. The van der Waals surface area contributed by atoms with E-state index < -0.39 is 0 Å². The van der Waals surface area contributed by atoms with Crippen LogP contribution in [0.3, 0.4) is 0 Å². The Morgan fingerprint density at radius 3 is 2.78 bits per heavy atom. The zero-order valence-corrected chi connectivity index (χ0v) is 13.5. The van der Waals surface area contributed by atoms with Gasteiger partial charge in [0.1, 0.15) is 0 Å². The summed E-state index contributed by atoms with van der Waals surface area (Å²) in [7, 11) is 0. The minimum atomic E-state index is -0.0480. The normalized spacial score (nSPS) is 20.6. The molecule has 0 spiro atoms. The first-order chi connectivity index (χ1) is 11.1. The van der Waals surface area contributed by atoms with Crippen LogP contribution in [-0.2, 0) is 11.3 Å². The summed E-state index contributed by atoms with van der Waals surface area (Å²) >= 11 is 0. The van der Waals surface area contributed by atoms with Crippen LogP contribution in [0.25, 0.3) is 0 Å². The number of rotatable bonds is 5. The Morgan fingerprint density at radius 2 is 2.09 bits per heavy atom. The molecule has 122 valence electrons. The third kappa shape index (κ3) is 3.97. The van der Waals surface area contributed by atoms with Crippen LogP contribution < -0.4 is 16.2 Å². The van der Waals surface area contributed by atoms with Crippen molar-refractivity contribution in [3.63, 3.8) is 0 Å². The van der Waals surface area contributed by atoms with E-state index in [0.717, 1.165) is 17.8 Å². The zero-order chi connectivity index (χ0) is 16.2. The van der Waals surface area contributed by atoms with E-state index in [1.165, 1.54) is 5.56 Å². The molecule has 23 heavy (non-hydrogen) atoms. The van der Waals surface area contributed by atoms with E-state index >= 15 is 0 Å². The highest BCUT2D eigenvalue weighted by Gasteiger charge is 2.25. The molecule has 1 aromatic heterocycles. The molecule has 1 aliphatic heterocycles. The minimum absolute atomic E-state index is 0.0329. The molecule has 1 fully saturated rings. The monoisotopic (exact) mass is 313 g/mol. The Labute approximate surface area is 136 Å². The van der Waals surface area contributed by atoms with Gasteiger partial charge in [0.2, 0.25) is 5.91 Å². The minimum Gasteiger partial charge on any atom is -0.339 e. The number of hydrogen-bond donors (Lipinski definition) is 3. The lowest BCUT2D eigenvalue weighted by Crippen LogP contribution is -2.44. The van der Waals surface area contributed by atoms with E-state index in [-0.39, 0.29) is 18.1 Å². The second-order valence-electron chi connectivity index (χ2n) is 6.01. The van der Waals surface area contributed by atoms with Gasteiger partial charge in [0.25, 0.3) is 0 Å². The Balaban J connectivity index is 1.46. The zero-order valence-electron chi connectivity index (χ0n) is 13.5. The van der Waals surface area contributed by atoms with Gasteiger partial charge in [-0.2, -0.15) is 5.10 Å². The molecule has 2 aromatic rings. The summed E-state index contributed by atoms with van der Waals surface area (Å²) < 4.78 is 1.88. The van der Waals surface area contributed by atoms with Gasteiger partial charge in [0.15, 0.2) is 0 Å². The fraction of sp³-hybridized carbons (Fsp3) is 0.412. The van der Waals surface area contributed by atoms with E-state index in [1.54, 1.807) is 0 Å². The third-order valence-electron chi connectivity index (χ3n) is 4.09. The maximum absolute atomic E-state index is 12.1. The second kappa shape index (κ2) is 6.93. The summed E-state index contributed by atoms with van der Waals surface area (Å²) in [5.74, 6) is 0.0329. The SMILES string of the molecule is Cc1cc(C)n(CCC(=O)NC2CC(c3ccccc3)NN2)n1. The molecule has 3 N–H and O–H groups in total. The fourth-order valence-electron chi connectivity index (χ4n) is 2.93. The van der Waals surface area contributed by atoms with Crippen LogP contribution in [0.15, 0.2) is 36.4 Å². The van der Waals surface area contributed by atoms with Crippen molar-refractivity contribution in [2.45, 2.75) is 45.4 Å². The number of aryl methyl sites for hydroxylation is 3. The molecule has 6 heteroatoms. The molecule has 6 nitrogen and oxygen atoms in total. The molecule has 2 unspecified atom stereocenters. The smallest absolute Gasteiger partial charge is 0.223 e. The molecule has 1 aliphatic rings. The molecular formula is C17H23N5O. The van der Waals surface area contributed by atoms with E-state index in [1.807, 2.05) is 42.8 Å². The Kier molecular flexibility index (Phi) is 4.73. The number of carbonyl (C=O) groups excluding carboxylic acids is 1. The van der Waals surface area contributed by atoms with Gasteiger partial charge in [-0.05, 0) is 25.5 Å². The van der Waals surface area contributed by atoms with E-state index in [4.69, 9.17) is 0 Å². The van der Waals surface area contributed by atoms with Crippen molar-refractivity contribution in [1.29, 1.82) is 0 Å². The number of benzene rings is 1. The average Bonchev–Trinajstić information content (AvgIpc) is 3.12. The Bertz CT molecular complexity index is 667. The van der Waals surface area contributed by atoms with Crippen molar-refractivity contribution in [3.8, 4) is 0 Å². The number of nitrogens with one attached hydrogen (secondary N) is 3. The van der Waals surface area contributed by atoms with E-state index in [2.05, 4.69) is 33.4 Å². The first-order valence-electron chi connectivity index (χ1n) is 7.98. The molecule has 2 heterocycles. The number of amides is 1. The predicted molar refractivity (Wildman–Crippen MR) is 88.3 cm³/mol. The summed E-state index contributed by atoms with van der Waals surface area (Å²) in [6.45, 7) is 4.57. The number of aromatic nitrogens is 2. The Morgan fingerprint density at radius 1 is 1.30 bits per heavy atom. The molecule has 1 amide bonds. The van der Waals surface area contributed by atoms with E-state index in [0.29, 0.717) is 13.0 Å². The van der Waals surface area contributed by atoms with Gasteiger partial charge in [-0.25, -0.2) is 10.9 Å². The van der Waals surface area contributed by atoms with Crippen molar-refractivity contribution in [2.24, 2.45) is 0 Å². The number of nitrogens with zero attached hydrogens (tertiary/aromatic N) is 2. The summed E-state index contributed by atoms with van der Waals surface area (Å²) in [6.07, 6.45) is 1.21. The quantitative estimate of drug-likeness (QED) is 0.784. The summed E-state index contributed by atoms with van der Waals surface area (Å²) in [4.78, 5) is 12.1. The van der Waals surface area contributed by atoms with Gasteiger partial charge < -0.3 is 5.32 Å². The summed E-state index contributed by atoms with van der Waals surface area (Å²) in [5.41, 5.74) is 9.66. The van der Waals surface area contributed by atoms with Crippen LogP contribution in [-0.4, -0.2) is 21.9 Å². The molecule has 1 saturated heterocycles. The number of carbonyl (C=O) groups is 1. The van der Waals surface area contributed by atoms with Crippen molar-refractivity contribution in [1.82, 2.24) is 25.9 Å². The van der Waals surface area contributed by atoms with Gasteiger partial charge in [-0.1, -0.05) is 30.3 Å². The van der Waals surface area contributed by atoms with Crippen molar-refractivity contribution < 1.29 is 4.79 Å². The number of hydrogen-bond acceptors (Lipinski definition) is 4. The lowest BCUT2D eigenvalue weighted by atomic mass is 10.0. The third-order valence-corrected chi connectivity index (χ3v) is 4.09. The standard InChI is InChI=1S/C17H23N5O/c1-12-10-13(2)22(21-12)9-8-17(23)18-16-11-15(19-20-16)14-6-4-3-5-7-14/h3-7,10,15-16,19-20H,8-9,11H2,1-2H3,(H,18,23). The van der Waals surface area contributed by atoms with E-state index in [9.17, 15) is 4.79 Å². The average molecular weight is 313 g/mol. The topological polar surface area (TPSA) is 71.0 Å². The lowest BCUT2D eigenvalue weighted by molar-refractivity contribution is -0.122. The van der Waals surface area contributed by atoms with Crippen LogP contribution in [0.1, 0.15) is 35.8 Å². The molecule has 2 atom stereocenters.